The molecule has 0 aromatic rings. The number of urea groups is 1. The molecule has 1 fully saturated rings. The molecular formula is C8H18N3O2+. The van der Waals surface area contributed by atoms with E-state index in [1.165, 1.54) is 0 Å². The molecule has 0 unspecified atom stereocenters. The number of quaternary nitrogens is 1. The molecule has 0 aliphatic carbocycles. The van der Waals surface area contributed by atoms with Gasteiger partial charge in [0.25, 0.3) is 0 Å². The van der Waals surface area contributed by atoms with Gasteiger partial charge in [-0.15, -0.1) is 0 Å². The Labute approximate surface area is 78.7 Å². The zero-order valence-electron chi connectivity index (χ0n) is 8.53. The molecule has 1 heterocycles. The smallest absolute Gasteiger partial charge is 0.319 e. The molecule has 0 saturated carbocycles. The number of hydrogen-bond donors (Lipinski definition) is 1. The van der Waals surface area contributed by atoms with E-state index in [9.17, 15) is 10.0 Å². The van der Waals surface area contributed by atoms with Crippen molar-refractivity contribution in [1.29, 1.82) is 0 Å². The Bertz CT molecular complexity index is 194. The van der Waals surface area contributed by atoms with Crippen LogP contribution in [-0.4, -0.2) is 73.0 Å². The lowest BCUT2D eigenvalue weighted by Gasteiger charge is -2.36. The lowest BCUT2D eigenvalue weighted by Crippen LogP contribution is -2.57. The average molecular weight is 188 g/mol. The zero-order chi connectivity index (χ0) is 10.1. The van der Waals surface area contributed by atoms with Gasteiger partial charge in [0.1, 0.15) is 13.1 Å². The molecule has 0 aromatic carbocycles. The first-order valence-electron chi connectivity index (χ1n) is 4.46. The summed E-state index contributed by atoms with van der Waals surface area (Å²) in [6.45, 7) is 2.48. The molecule has 5 heteroatoms. The molecule has 0 radical (unpaired) electrons. The molecule has 1 aliphatic rings. The van der Waals surface area contributed by atoms with E-state index in [2.05, 4.69) is 0 Å². The maximum Gasteiger partial charge on any atom is 0.319 e. The van der Waals surface area contributed by atoms with Crippen LogP contribution in [0.4, 0.5) is 4.79 Å². The fourth-order valence-electron chi connectivity index (χ4n) is 1.37. The van der Waals surface area contributed by atoms with Crippen molar-refractivity contribution >= 4 is 6.03 Å². The minimum absolute atomic E-state index is 0.0250. The van der Waals surface area contributed by atoms with Crippen molar-refractivity contribution in [2.75, 3.05) is 47.3 Å². The minimum atomic E-state index is 0.0250. The Hall–Kier alpha value is -0.810. The first-order valence-corrected chi connectivity index (χ1v) is 4.46. The molecule has 76 valence electrons. The molecule has 0 bridgehead atoms. The lowest BCUT2D eigenvalue weighted by molar-refractivity contribution is -1.09. The Kier molecular flexibility index (Phi) is 2.77. The maximum atomic E-state index is 11.5. The van der Waals surface area contributed by atoms with E-state index in [-0.39, 0.29) is 10.7 Å². The van der Waals surface area contributed by atoms with E-state index in [1.807, 2.05) is 0 Å². The number of likely N-dealkylation sites (N-methyl/N-ethyl adjacent to an activating group) is 1. The zero-order valence-corrected chi connectivity index (χ0v) is 8.53. The molecule has 0 atom stereocenters. The van der Waals surface area contributed by atoms with Gasteiger partial charge in [-0.2, -0.15) is 4.65 Å². The number of carbonyl (C=O) groups excluding carboxylic acids is 1. The van der Waals surface area contributed by atoms with Gasteiger partial charge in [0.05, 0.1) is 20.1 Å². The molecule has 1 rings (SSSR count). The molecule has 1 saturated heterocycles. The molecule has 5 nitrogen and oxygen atoms in total. The maximum absolute atomic E-state index is 11.5. The number of hydrogen-bond acceptors (Lipinski definition) is 2. The van der Waals surface area contributed by atoms with E-state index < -0.39 is 0 Å². The third kappa shape index (κ3) is 2.57. The van der Waals surface area contributed by atoms with Gasteiger partial charge < -0.3 is 9.80 Å². The predicted molar refractivity (Wildman–Crippen MR) is 48.4 cm³/mol. The molecule has 1 N–H and O–H groups in total. The van der Waals surface area contributed by atoms with E-state index in [0.717, 1.165) is 0 Å². The number of carbonyl (C=O) groups is 1. The summed E-state index contributed by atoms with van der Waals surface area (Å²) in [5.41, 5.74) is 0. The molecule has 13 heavy (non-hydrogen) atoms. The van der Waals surface area contributed by atoms with Gasteiger partial charge >= 0.3 is 6.03 Å². The van der Waals surface area contributed by atoms with Crippen LogP contribution in [0.2, 0.25) is 0 Å². The highest BCUT2D eigenvalue weighted by Gasteiger charge is 2.30. The summed E-state index contributed by atoms with van der Waals surface area (Å²) in [4.78, 5) is 14.8. The fourth-order valence-corrected chi connectivity index (χ4v) is 1.37. The molecule has 0 aromatic heterocycles. The molecule has 0 spiro atoms. The van der Waals surface area contributed by atoms with Crippen molar-refractivity contribution in [1.82, 2.24) is 9.80 Å². The van der Waals surface area contributed by atoms with Gasteiger partial charge in [-0.25, -0.2) is 10.0 Å². The third-order valence-electron chi connectivity index (χ3n) is 2.36. The second kappa shape index (κ2) is 3.51. The molecule has 2 amide bonds. The van der Waals surface area contributed by atoms with Crippen LogP contribution in [0.15, 0.2) is 0 Å². The molecule has 1 aliphatic heterocycles. The largest absolute Gasteiger partial charge is 0.331 e. The van der Waals surface area contributed by atoms with Crippen LogP contribution in [0.1, 0.15) is 0 Å². The number of nitrogens with zero attached hydrogens (tertiary/aromatic N) is 3. The second-order valence-corrected chi connectivity index (χ2v) is 3.95. The summed E-state index contributed by atoms with van der Waals surface area (Å²) < 4.78 is 0.0250. The van der Waals surface area contributed by atoms with Gasteiger partial charge in [-0.05, 0) is 0 Å². The quantitative estimate of drug-likeness (QED) is 0.536. The van der Waals surface area contributed by atoms with Gasteiger partial charge in [0, 0.05) is 14.1 Å². The fraction of sp³-hybridized carbons (Fsp3) is 0.875. The average Bonchev–Trinajstić information content (AvgIpc) is 2.03. The van der Waals surface area contributed by atoms with E-state index >= 15 is 0 Å². The molecular weight excluding hydrogens is 170 g/mol. The number of amides is 2. The summed E-state index contributed by atoms with van der Waals surface area (Å²) in [7, 11) is 5.24. The van der Waals surface area contributed by atoms with Crippen LogP contribution in [0.3, 0.4) is 0 Å². The van der Waals surface area contributed by atoms with Crippen LogP contribution in [0, 0.1) is 0 Å². The minimum Gasteiger partial charge on any atom is -0.331 e. The first kappa shape index (κ1) is 10.3. The van der Waals surface area contributed by atoms with Crippen molar-refractivity contribution in [3.8, 4) is 0 Å². The summed E-state index contributed by atoms with van der Waals surface area (Å²) in [6.07, 6.45) is 0. The lowest BCUT2D eigenvalue weighted by atomic mass is 10.3. The van der Waals surface area contributed by atoms with Crippen molar-refractivity contribution in [2.45, 2.75) is 0 Å². The SMILES string of the molecule is CN(C)C(=O)N1CC[N+](C)(O)CC1. The van der Waals surface area contributed by atoms with Gasteiger partial charge in [0.2, 0.25) is 0 Å². The van der Waals surface area contributed by atoms with E-state index in [1.54, 1.807) is 30.9 Å². The van der Waals surface area contributed by atoms with Gasteiger partial charge in [-0.3, -0.25) is 0 Å². The normalized spacial score (nSPS) is 21.4. The van der Waals surface area contributed by atoms with Crippen molar-refractivity contribution in [3.05, 3.63) is 0 Å². The third-order valence-corrected chi connectivity index (χ3v) is 2.36. The van der Waals surface area contributed by atoms with Gasteiger partial charge in [-0.1, -0.05) is 0 Å². The van der Waals surface area contributed by atoms with Crippen LogP contribution >= 0.6 is 0 Å². The number of rotatable bonds is 0. The van der Waals surface area contributed by atoms with Crippen molar-refractivity contribution < 1.29 is 14.6 Å². The predicted octanol–water partition coefficient (Wildman–Crippen LogP) is -0.181. The van der Waals surface area contributed by atoms with E-state index in [0.29, 0.717) is 26.2 Å². The van der Waals surface area contributed by atoms with Crippen LogP contribution in [0.25, 0.3) is 0 Å². The van der Waals surface area contributed by atoms with Crippen molar-refractivity contribution in [2.24, 2.45) is 0 Å². The highest BCUT2D eigenvalue weighted by molar-refractivity contribution is 5.73. The van der Waals surface area contributed by atoms with Gasteiger partial charge in [0.15, 0.2) is 0 Å². The standard InChI is InChI=1S/C8H18N3O2/c1-9(2)8(12)10-4-6-11(3,13)7-5-10/h13H,4-7H2,1-3H3/q+1. The Morgan fingerprint density at radius 3 is 2.23 bits per heavy atom. The summed E-state index contributed by atoms with van der Waals surface area (Å²) in [5.74, 6) is 0. The summed E-state index contributed by atoms with van der Waals surface area (Å²) in [5, 5.41) is 9.60. The number of piperazine rings is 1. The Morgan fingerprint density at radius 1 is 1.38 bits per heavy atom. The highest BCUT2D eigenvalue weighted by Crippen LogP contribution is 2.07. The van der Waals surface area contributed by atoms with Crippen LogP contribution < -0.4 is 0 Å². The van der Waals surface area contributed by atoms with Crippen LogP contribution in [-0.2, 0) is 0 Å². The van der Waals surface area contributed by atoms with E-state index in [4.69, 9.17) is 0 Å². The highest BCUT2D eigenvalue weighted by atomic mass is 16.5. The summed E-state index contributed by atoms with van der Waals surface area (Å²) >= 11 is 0. The Morgan fingerprint density at radius 2 is 1.85 bits per heavy atom. The monoisotopic (exact) mass is 188 g/mol. The summed E-state index contributed by atoms with van der Waals surface area (Å²) in [6, 6.07) is 0.0275. The number of hydroxylamine groups is 3. The second-order valence-electron chi connectivity index (χ2n) is 3.95. The Balaban J connectivity index is 2.46. The van der Waals surface area contributed by atoms with Crippen LogP contribution in [0.5, 0.6) is 0 Å². The van der Waals surface area contributed by atoms with Crippen molar-refractivity contribution in [3.63, 3.8) is 0 Å². The first-order chi connectivity index (χ1) is 5.92. The topological polar surface area (TPSA) is 43.8 Å².